The van der Waals surface area contributed by atoms with Crippen molar-refractivity contribution in [3.05, 3.63) is 67.5 Å². The molecule has 0 bridgehead atoms. The highest BCUT2D eigenvalue weighted by Gasteiger charge is 2.06. The van der Waals surface area contributed by atoms with E-state index in [1.54, 1.807) is 6.92 Å². The van der Waals surface area contributed by atoms with Gasteiger partial charge in [0.25, 0.3) is 5.56 Å². The maximum atomic E-state index is 11.7. The fraction of sp³-hybridized carbons (Fsp3) is 0.231. The minimum absolute atomic E-state index is 0.312. The highest BCUT2D eigenvalue weighted by molar-refractivity contribution is 5.29. The average Bonchev–Trinajstić information content (AvgIpc) is 2.23. The monoisotopic (exact) mass is 230 g/mol. The Hall–Kier alpha value is -2.10. The lowest BCUT2D eigenvalue weighted by atomic mass is 10.0. The van der Waals surface area contributed by atoms with Gasteiger partial charge in [-0.1, -0.05) is 29.8 Å². The maximum Gasteiger partial charge on any atom is 0.325 e. The summed E-state index contributed by atoms with van der Waals surface area (Å²) in [6.45, 7) is 3.75. The van der Waals surface area contributed by atoms with Crippen LogP contribution in [-0.2, 0) is 6.42 Å². The Morgan fingerprint density at radius 3 is 2.53 bits per heavy atom. The van der Waals surface area contributed by atoms with Crippen LogP contribution in [0.1, 0.15) is 22.4 Å². The molecule has 2 rings (SSSR count). The lowest BCUT2D eigenvalue weighted by molar-refractivity contribution is 0.933. The molecular weight excluding hydrogens is 216 g/mol. The molecule has 0 spiro atoms. The van der Waals surface area contributed by atoms with Gasteiger partial charge in [-0.25, -0.2) is 4.79 Å². The van der Waals surface area contributed by atoms with Crippen molar-refractivity contribution in [1.29, 1.82) is 0 Å². The van der Waals surface area contributed by atoms with E-state index >= 15 is 0 Å². The number of H-pyrrole nitrogens is 2. The number of aromatic nitrogens is 2. The predicted octanol–water partition coefficient (Wildman–Crippen LogP) is 1.27. The number of aromatic amines is 2. The van der Waals surface area contributed by atoms with E-state index in [0.717, 1.165) is 11.1 Å². The average molecular weight is 230 g/mol. The van der Waals surface area contributed by atoms with Crippen LogP contribution in [0.15, 0.2) is 33.9 Å². The van der Waals surface area contributed by atoms with Crippen molar-refractivity contribution in [3.8, 4) is 0 Å². The third kappa shape index (κ3) is 2.53. The number of aryl methyl sites for hydroxylation is 2. The van der Waals surface area contributed by atoms with E-state index in [1.807, 2.05) is 31.2 Å². The summed E-state index contributed by atoms with van der Waals surface area (Å²) in [5.41, 5.74) is 2.68. The van der Waals surface area contributed by atoms with E-state index in [1.165, 1.54) is 0 Å². The molecule has 2 N–H and O–H groups in total. The van der Waals surface area contributed by atoms with Gasteiger partial charge >= 0.3 is 5.69 Å². The Morgan fingerprint density at radius 2 is 1.88 bits per heavy atom. The summed E-state index contributed by atoms with van der Waals surface area (Å²) < 4.78 is 0. The molecule has 0 amide bonds. The second-order valence-corrected chi connectivity index (χ2v) is 4.18. The van der Waals surface area contributed by atoms with Crippen LogP contribution in [0.2, 0.25) is 0 Å². The van der Waals surface area contributed by atoms with E-state index in [2.05, 4.69) is 9.97 Å². The predicted molar refractivity (Wildman–Crippen MR) is 66.4 cm³/mol. The van der Waals surface area contributed by atoms with Gasteiger partial charge in [0, 0.05) is 17.7 Å². The first-order valence-corrected chi connectivity index (χ1v) is 5.44. The fourth-order valence-corrected chi connectivity index (χ4v) is 1.86. The summed E-state index contributed by atoms with van der Waals surface area (Å²) in [6, 6.07) is 7.97. The van der Waals surface area contributed by atoms with Gasteiger partial charge in [0.15, 0.2) is 0 Å². The van der Waals surface area contributed by atoms with Crippen molar-refractivity contribution in [2.75, 3.05) is 0 Å². The largest absolute Gasteiger partial charge is 0.325 e. The molecule has 0 unspecified atom stereocenters. The standard InChI is InChI=1S/C13H14N2O2/c1-8-4-3-5-10(6-8)7-11-9(2)14-13(17)15-12(11)16/h3-6H,7H2,1-2H3,(H2,14,15,16,17). The van der Waals surface area contributed by atoms with Crippen molar-refractivity contribution < 1.29 is 0 Å². The van der Waals surface area contributed by atoms with E-state index in [-0.39, 0.29) is 5.56 Å². The van der Waals surface area contributed by atoms with Crippen LogP contribution in [0.3, 0.4) is 0 Å². The lowest BCUT2D eigenvalue weighted by Gasteiger charge is -2.05. The van der Waals surface area contributed by atoms with Crippen molar-refractivity contribution in [1.82, 2.24) is 9.97 Å². The molecule has 0 aliphatic rings. The molecule has 0 radical (unpaired) electrons. The topological polar surface area (TPSA) is 65.7 Å². The molecule has 0 saturated carbocycles. The van der Waals surface area contributed by atoms with Gasteiger partial charge < -0.3 is 4.98 Å². The zero-order valence-corrected chi connectivity index (χ0v) is 9.83. The van der Waals surface area contributed by atoms with Crippen LogP contribution in [-0.4, -0.2) is 9.97 Å². The van der Waals surface area contributed by atoms with Crippen LogP contribution in [0.5, 0.6) is 0 Å². The third-order valence-corrected chi connectivity index (χ3v) is 2.72. The smallest absolute Gasteiger partial charge is 0.311 e. The van der Waals surface area contributed by atoms with Crippen molar-refractivity contribution >= 4 is 0 Å². The molecule has 0 aliphatic carbocycles. The van der Waals surface area contributed by atoms with E-state index in [9.17, 15) is 9.59 Å². The van der Waals surface area contributed by atoms with E-state index in [0.29, 0.717) is 17.7 Å². The molecule has 2 aromatic rings. The third-order valence-electron chi connectivity index (χ3n) is 2.72. The Bertz CT molecular complexity index is 653. The molecule has 0 aliphatic heterocycles. The second-order valence-electron chi connectivity index (χ2n) is 4.18. The highest BCUT2D eigenvalue weighted by Crippen LogP contribution is 2.09. The minimum Gasteiger partial charge on any atom is -0.311 e. The molecule has 4 heteroatoms. The summed E-state index contributed by atoms with van der Waals surface area (Å²) >= 11 is 0. The molecule has 0 atom stereocenters. The summed E-state index contributed by atoms with van der Waals surface area (Å²) in [4.78, 5) is 27.6. The van der Waals surface area contributed by atoms with Crippen molar-refractivity contribution in [3.63, 3.8) is 0 Å². The Morgan fingerprint density at radius 1 is 1.12 bits per heavy atom. The number of hydrogen-bond donors (Lipinski definition) is 2. The second kappa shape index (κ2) is 4.41. The first-order chi connectivity index (χ1) is 8.06. The Labute approximate surface area is 98.3 Å². The zero-order valence-electron chi connectivity index (χ0n) is 9.83. The Kier molecular flexibility index (Phi) is 2.95. The van der Waals surface area contributed by atoms with Crippen LogP contribution >= 0.6 is 0 Å². The first kappa shape index (κ1) is 11.4. The maximum absolute atomic E-state index is 11.7. The van der Waals surface area contributed by atoms with Crippen LogP contribution < -0.4 is 11.2 Å². The molecule has 88 valence electrons. The van der Waals surface area contributed by atoms with E-state index < -0.39 is 5.69 Å². The number of benzene rings is 1. The van der Waals surface area contributed by atoms with Crippen LogP contribution in [0.4, 0.5) is 0 Å². The van der Waals surface area contributed by atoms with Gasteiger partial charge in [0.05, 0.1) is 0 Å². The van der Waals surface area contributed by atoms with Gasteiger partial charge in [-0.3, -0.25) is 9.78 Å². The fourth-order valence-electron chi connectivity index (χ4n) is 1.86. The Balaban J connectivity index is 2.43. The highest BCUT2D eigenvalue weighted by atomic mass is 16.2. The number of nitrogens with one attached hydrogen (secondary N) is 2. The summed E-state index contributed by atoms with van der Waals surface area (Å²) in [5, 5.41) is 0. The first-order valence-electron chi connectivity index (χ1n) is 5.44. The van der Waals surface area contributed by atoms with Crippen molar-refractivity contribution in [2.24, 2.45) is 0 Å². The quantitative estimate of drug-likeness (QED) is 0.816. The summed E-state index contributed by atoms with van der Waals surface area (Å²) in [5.74, 6) is 0. The van der Waals surface area contributed by atoms with Crippen LogP contribution in [0.25, 0.3) is 0 Å². The molecule has 0 fully saturated rings. The molecule has 4 nitrogen and oxygen atoms in total. The summed E-state index contributed by atoms with van der Waals surface area (Å²) in [6.07, 6.45) is 0.527. The van der Waals surface area contributed by atoms with Crippen molar-refractivity contribution in [2.45, 2.75) is 20.3 Å². The van der Waals surface area contributed by atoms with Crippen LogP contribution in [0, 0.1) is 13.8 Å². The van der Waals surface area contributed by atoms with Gasteiger partial charge in [-0.05, 0) is 19.4 Å². The number of hydrogen-bond acceptors (Lipinski definition) is 2. The normalized spacial score (nSPS) is 10.5. The van der Waals surface area contributed by atoms with Gasteiger partial charge in [-0.15, -0.1) is 0 Å². The molecule has 17 heavy (non-hydrogen) atoms. The molecule has 1 heterocycles. The SMILES string of the molecule is Cc1cccc(Cc2c(C)[nH]c(=O)[nH]c2=O)c1. The molecule has 1 aromatic heterocycles. The van der Waals surface area contributed by atoms with Gasteiger partial charge in [0.2, 0.25) is 0 Å². The minimum atomic E-state index is -0.458. The lowest BCUT2D eigenvalue weighted by Crippen LogP contribution is -2.27. The summed E-state index contributed by atoms with van der Waals surface area (Å²) in [7, 11) is 0. The van der Waals surface area contributed by atoms with Gasteiger partial charge in [-0.2, -0.15) is 0 Å². The zero-order chi connectivity index (χ0) is 12.4. The van der Waals surface area contributed by atoms with Gasteiger partial charge in [0.1, 0.15) is 0 Å². The van der Waals surface area contributed by atoms with E-state index in [4.69, 9.17) is 0 Å². The number of rotatable bonds is 2. The molecule has 0 saturated heterocycles. The molecule has 1 aromatic carbocycles. The molecular formula is C13H14N2O2.